The van der Waals surface area contributed by atoms with E-state index in [1.165, 1.54) is 148 Å². The monoisotopic (exact) mass is 485 g/mol. The predicted molar refractivity (Wildman–Crippen MR) is 155 cm³/mol. The fraction of sp³-hybridized carbons (Fsp3) is 1.00. The molecule has 2 atom stereocenters. The number of hydrogen-bond acceptors (Lipinski definition) is 2. The quantitative estimate of drug-likeness (QED) is 0.120. The van der Waals surface area contributed by atoms with Gasteiger partial charge in [-0.05, 0) is 31.6 Å². The molecule has 0 aliphatic carbocycles. The highest BCUT2D eigenvalue weighted by Crippen LogP contribution is 2.18. The smallest absolute Gasteiger partial charge is 0.0540 e. The first-order valence-corrected chi connectivity index (χ1v) is 15.9. The number of unbranched alkanes of at least 4 members (excludes halogenated alkanes) is 17. The van der Waals surface area contributed by atoms with Crippen molar-refractivity contribution in [3.8, 4) is 0 Å². The zero-order valence-electron chi connectivity index (χ0n) is 24.4. The molecule has 0 bridgehead atoms. The van der Waals surface area contributed by atoms with Crippen LogP contribution in [-0.4, -0.2) is 22.9 Å². The van der Waals surface area contributed by atoms with Crippen LogP contribution >= 0.6 is 0 Å². The second-order valence-electron chi connectivity index (χ2n) is 10.9. The van der Waals surface area contributed by atoms with Crippen LogP contribution in [-0.2, 0) is 0 Å². The summed E-state index contributed by atoms with van der Waals surface area (Å²) in [6.07, 6.45) is 32.6. The SMILES string of the molecule is CCCCCCCCC(CO)CCCCCC.CCCCCCCCCC(O)CCCCCC. The first kappa shape index (κ1) is 36.1. The molecule has 0 aromatic carbocycles. The molecule has 0 saturated heterocycles. The van der Waals surface area contributed by atoms with Crippen LogP contribution in [0.15, 0.2) is 0 Å². The van der Waals surface area contributed by atoms with Crippen molar-refractivity contribution in [1.29, 1.82) is 0 Å². The predicted octanol–water partition coefficient (Wildman–Crippen LogP) is 10.8. The zero-order chi connectivity index (χ0) is 25.5. The summed E-state index contributed by atoms with van der Waals surface area (Å²) in [6.45, 7) is 9.41. The van der Waals surface area contributed by atoms with Gasteiger partial charge >= 0.3 is 0 Å². The molecule has 2 N–H and O–H groups in total. The fourth-order valence-corrected chi connectivity index (χ4v) is 4.69. The molecule has 34 heavy (non-hydrogen) atoms. The lowest BCUT2D eigenvalue weighted by Gasteiger charge is -2.13. The van der Waals surface area contributed by atoms with E-state index in [-0.39, 0.29) is 6.10 Å². The summed E-state index contributed by atoms with van der Waals surface area (Å²) in [5.41, 5.74) is 0. The molecule has 0 amide bonds. The number of hydrogen-bond donors (Lipinski definition) is 2. The van der Waals surface area contributed by atoms with Crippen molar-refractivity contribution in [2.24, 2.45) is 5.92 Å². The van der Waals surface area contributed by atoms with Crippen LogP contribution in [0.4, 0.5) is 0 Å². The van der Waals surface area contributed by atoms with Gasteiger partial charge in [0.1, 0.15) is 0 Å². The van der Waals surface area contributed by atoms with Crippen LogP contribution in [0.2, 0.25) is 0 Å². The average molecular weight is 485 g/mol. The van der Waals surface area contributed by atoms with E-state index in [0.717, 1.165) is 12.8 Å². The van der Waals surface area contributed by atoms with Crippen LogP contribution in [0.1, 0.15) is 188 Å². The summed E-state index contributed by atoms with van der Waals surface area (Å²) >= 11 is 0. The topological polar surface area (TPSA) is 40.5 Å². The highest BCUT2D eigenvalue weighted by molar-refractivity contribution is 4.59. The average Bonchev–Trinajstić information content (AvgIpc) is 2.85. The van der Waals surface area contributed by atoms with Crippen molar-refractivity contribution >= 4 is 0 Å². The summed E-state index contributed by atoms with van der Waals surface area (Å²) in [5, 5.41) is 19.1. The molecule has 2 nitrogen and oxygen atoms in total. The summed E-state index contributed by atoms with van der Waals surface area (Å²) in [5.74, 6) is 0.582. The van der Waals surface area contributed by atoms with Gasteiger partial charge in [0.15, 0.2) is 0 Å². The van der Waals surface area contributed by atoms with Gasteiger partial charge < -0.3 is 10.2 Å². The van der Waals surface area contributed by atoms with Crippen molar-refractivity contribution in [3.05, 3.63) is 0 Å². The molecule has 208 valence electrons. The van der Waals surface area contributed by atoms with Crippen LogP contribution < -0.4 is 0 Å². The van der Waals surface area contributed by atoms with Crippen LogP contribution in [0.3, 0.4) is 0 Å². The fourth-order valence-electron chi connectivity index (χ4n) is 4.69. The molecule has 0 saturated carbocycles. The summed E-state index contributed by atoms with van der Waals surface area (Å²) in [4.78, 5) is 0. The molecule has 0 aromatic rings. The second kappa shape index (κ2) is 32.9. The van der Waals surface area contributed by atoms with Gasteiger partial charge in [-0.25, -0.2) is 0 Å². The van der Waals surface area contributed by atoms with E-state index < -0.39 is 0 Å². The van der Waals surface area contributed by atoms with Gasteiger partial charge in [0.05, 0.1) is 6.10 Å². The Labute approximate surface area is 217 Å². The van der Waals surface area contributed by atoms with Crippen LogP contribution in [0.5, 0.6) is 0 Å². The summed E-state index contributed by atoms with van der Waals surface area (Å²) in [6, 6.07) is 0. The lowest BCUT2D eigenvalue weighted by molar-refractivity contribution is 0.147. The zero-order valence-corrected chi connectivity index (χ0v) is 24.4. The Morgan fingerprint density at radius 3 is 0.971 bits per heavy atom. The Kier molecular flexibility index (Phi) is 34.9. The highest BCUT2D eigenvalue weighted by atomic mass is 16.3. The number of aliphatic hydroxyl groups excluding tert-OH is 2. The van der Waals surface area contributed by atoms with Gasteiger partial charge in [-0.15, -0.1) is 0 Å². The van der Waals surface area contributed by atoms with Gasteiger partial charge in [-0.3, -0.25) is 0 Å². The molecule has 0 spiro atoms. The van der Waals surface area contributed by atoms with Crippen LogP contribution in [0.25, 0.3) is 0 Å². The van der Waals surface area contributed by atoms with E-state index in [9.17, 15) is 10.2 Å². The molecule has 2 heteroatoms. The third-order valence-electron chi connectivity index (χ3n) is 7.22. The third kappa shape index (κ3) is 31.9. The normalized spacial score (nSPS) is 12.9. The Bertz CT molecular complexity index is 331. The third-order valence-corrected chi connectivity index (χ3v) is 7.22. The number of aliphatic hydroxyl groups is 2. The second-order valence-corrected chi connectivity index (χ2v) is 10.9. The molecule has 2 unspecified atom stereocenters. The molecule has 0 radical (unpaired) electrons. The van der Waals surface area contributed by atoms with Gasteiger partial charge in [0.2, 0.25) is 0 Å². The standard InChI is InChI=1S/2C16H34O/c1-3-5-7-9-10-11-13-15-16(17)14-12-8-6-4-2;1-3-5-7-9-10-12-14-16(15-17)13-11-8-6-4-2/h2*16-17H,3-15H2,1-2H3. The molecule has 0 heterocycles. The van der Waals surface area contributed by atoms with Crippen LogP contribution in [0, 0.1) is 5.92 Å². The Hall–Kier alpha value is -0.0800. The van der Waals surface area contributed by atoms with Gasteiger partial charge in [-0.2, -0.15) is 0 Å². The molecule has 0 aromatic heterocycles. The lowest BCUT2D eigenvalue weighted by Crippen LogP contribution is -2.06. The van der Waals surface area contributed by atoms with E-state index in [1.807, 2.05) is 0 Å². The van der Waals surface area contributed by atoms with Crippen molar-refractivity contribution in [3.63, 3.8) is 0 Å². The highest BCUT2D eigenvalue weighted by Gasteiger charge is 2.06. The van der Waals surface area contributed by atoms with Crippen molar-refractivity contribution in [2.75, 3.05) is 6.61 Å². The first-order valence-electron chi connectivity index (χ1n) is 15.9. The maximum Gasteiger partial charge on any atom is 0.0540 e. The number of rotatable bonds is 26. The maximum atomic E-state index is 9.79. The molecule has 0 rings (SSSR count). The van der Waals surface area contributed by atoms with Gasteiger partial charge in [-0.1, -0.05) is 163 Å². The minimum atomic E-state index is -0.0255. The van der Waals surface area contributed by atoms with Crippen molar-refractivity contribution in [2.45, 2.75) is 194 Å². The first-order chi connectivity index (χ1) is 16.7. The van der Waals surface area contributed by atoms with E-state index >= 15 is 0 Å². The molecule has 0 aliphatic rings. The Morgan fingerprint density at radius 2 is 0.647 bits per heavy atom. The minimum absolute atomic E-state index is 0.0255. The summed E-state index contributed by atoms with van der Waals surface area (Å²) < 4.78 is 0. The van der Waals surface area contributed by atoms with Gasteiger partial charge in [0.25, 0.3) is 0 Å². The Balaban J connectivity index is 0. The molecule has 0 aliphatic heterocycles. The van der Waals surface area contributed by atoms with E-state index in [2.05, 4.69) is 27.7 Å². The van der Waals surface area contributed by atoms with E-state index in [4.69, 9.17) is 0 Å². The molecular weight excluding hydrogens is 416 g/mol. The molecular formula is C32H68O2. The minimum Gasteiger partial charge on any atom is -0.396 e. The molecule has 0 fully saturated rings. The van der Waals surface area contributed by atoms with Crippen molar-refractivity contribution < 1.29 is 10.2 Å². The largest absolute Gasteiger partial charge is 0.396 e. The summed E-state index contributed by atoms with van der Waals surface area (Å²) in [7, 11) is 0. The maximum absolute atomic E-state index is 9.79. The Morgan fingerprint density at radius 1 is 0.382 bits per heavy atom. The van der Waals surface area contributed by atoms with E-state index in [0.29, 0.717) is 12.5 Å². The lowest BCUT2D eigenvalue weighted by atomic mass is 9.95. The van der Waals surface area contributed by atoms with Gasteiger partial charge in [0, 0.05) is 6.61 Å². The van der Waals surface area contributed by atoms with Crippen molar-refractivity contribution in [1.82, 2.24) is 0 Å². The van der Waals surface area contributed by atoms with E-state index in [1.54, 1.807) is 0 Å².